The highest BCUT2D eigenvalue weighted by molar-refractivity contribution is 6.01. The van der Waals surface area contributed by atoms with Crippen molar-refractivity contribution < 1.29 is 14.3 Å². The van der Waals surface area contributed by atoms with Gasteiger partial charge in [0, 0.05) is 35.1 Å². The fourth-order valence-electron chi connectivity index (χ4n) is 3.53. The van der Waals surface area contributed by atoms with E-state index in [4.69, 9.17) is 9.47 Å². The van der Waals surface area contributed by atoms with Crippen LogP contribution in [0.25, 0.3) is 22.2 Å². The summed E-state index contributed by atoms with van der Waals surface area (Å²) in [5.41, 5.74) is 4.44. The van der Waals surface area contributed by atoms with E-state index < -0.39 is 0 Å². The lowest BCUT2D eigenvalue weighted by molar-refractivity contribution is -0.119. The molecule has 0 spiro atoms. The van der Waals surface area contributed by atoms with Crippen LogP contribution >= 0.6 is 0 Å². The van der Waals surface area contributed by atoms with Crippen LogP contribution < -0.4 is 4.90 Å². The van der Waals surface area contributed by atoms with Crippen LogP contribution in [0, 0.1) is 0 Å². The van der Waals surface area contributed by atoms with E-state index in [1.807, 2.05) is 30.7 Å². The van der Waals surface area contributed by atoms with Crippen molar-refractivity contribution in [2.45, 2.75) is 12.5 Å². The number of hydrogen-bond donors (Lipinski definition) is 1. The summed E-state index contributed by atoms with van der Waals surface area (Å²) in [6.07, 6.45) is 5.74. The van der Waals surface area contributed by atoms with E-state index in [9.17, 15) is 4.79 Å². The fourth-order valence-corrected chi connectivity index (χ4v) is 3.53. The molecular formula is C19H18N4O3. The minimum Gasteiger partial charge on any atom is -0.376 e. The molecular weight excluding hydrogens is 332 g/mol. The van der Waals surface area contributed by atoms with Gasteiger partial charge in [0.15, 0.2) is 0 Å². The predicted molar refractivity (Wildman–Crippen MR) is 95.9 cm³/mol. The molecule has 3 aromatic rings. The van der Waals surface area contributed by atoms with Gasteiger partial charge in [0.2, 0.25) is 5.91 Å². The van der Waals surface area contributed by atoms with Crippen molar-refractivity contribution >= 4 is 22.6 Å². The number of hydrogen-bond acceptors (Lipinski definition) is 5. The third kappa shape index (κ3) is 2.65. The second kappa shape index (κ2) is 6.19. The van der Waals surface area contributed by atoms with Gasteiger partial charge in [0.25, 0.3) is 0 Å². The zero-order chi connectivity index (χ0) is 17.5. The monoisotopic (exact) mass is 350 g/mol. The van der Waals surface area contributed by atoms with Crippen LogP contribution in [-0.2, 0) is 20.7 Å². The Labute approximate surface area is 150 Å². The number of carbonyl (C=O) groups excluding carboxylic acids is 1. The Morgan fingerprint density at radius 2 is 2.08 bits per heavy atom. The molecule has 0 unspecified atom stereocenters. The van der Waals surface area contributed by atoms with E-state index in [1.165, 1.54) is 0 Å². The van der Waals surface area contributed by atoms with Gasteiger partial charge in [-0.15, -0.1) is 0 Å². The minimum atomic E-state index is -0.0971. The Balaban J connectivity index is 1.48. The molecule has 1 amide bonds. The van der Waals surface area contributed by atoms with Crippen LogP contribution in [0.15, 0.2) is 36.8 Å². The molecule has 5 rings (SSSR count). The molecule has 2 aliphatic heterocycles. The van der Waals surface area contributed by atoms with Crippen molar-refractivity contribution in [1.82, 2.24) is 15.0 Å². The number of aromatic nitrogens is 3. The lowest BCUT2D eigenvalue weighted by Crippen LogP contribution is -2.41. The molecule has 1 saturated heterocycles. The number of nitrogens with zero attached hydrogens (tertiary/aromatic N) is 3. The van der Waals surface area contributed by atoms with Crippen molar-refractivity contribution in [1.29, 1.82) is 0 Å². The Hall–Kier alpha value is -2.77. The van der Waals surface area contributed by atoms with Crippen LogP contribution in [0.5, 0.6) is 0 Å². The summed E-state index contributed by atoms with van der Waals surface area (Å²) < 4.78 is 11.2. The van der Waals surface area contributed by atoms with E-state index in [0.717, 1.165) is 33.5 Å². The zero-order valence-electron chi connectivity index (χ0n) is 14.1. The molecule has 5 heterocycles. The van der Waals surface area contributed by atoms with Gasteiger partial charge < -0.3 is 19.4 Å². The largest absolute Gasteiger partial charge is 0.376 e. The molecule has 1 atom stereocenters. The molecule has 26 heavy (non-hydrogen) atoms. The van der Waals surface area contributed by atoms with E-state index in [0.29, 0.717) is 32.8 Å². The highest BCUT2D eigenvalue weighted by atomic mass is 16.6. The minimum absolute atomic E-state index is 0.0537. The van der Waals surface area contributed by atoms with E-state index in [-0.39, 0.29) is 12.0 Å². The van der Waals surface area contributed by atoms with Crippen LogP contribution in [-0.4, -0.2) is 53.3 Å². The second-order valence-electron chi connectivity index (χ2n) is 6.58. The first-order valence-electron chi connectivity index (χ1n) is 8.70. The van der Waals surface area contributed by atoms with Gasteiger partial charge in [-0.3, -0.25) is 9.78 Å². The van der Waals surface area contributed by atoms with Crippen LogP contribution in [0.3, 0.4) is 0 Å². The topological polar surface area (TPSA) is 80.3 Å². The standard InChI is InChI=1S/C19H18N4O3/c24-18-7-16-17(23(18)10-15-11-25-3-4-26-15)6-14(8-21-16)13-5-12-1-2-20-19(12)22-9-13/h1-2,5-6,8-9,15H,3-4,7,10-11H2,(H,20,22)/t15-/m0/s1. The summed E-state index contributed by atoms with van der Waals surface area (Å²) in [5.74, 6) is 0.0537. The SMILES string of the molecule is O=C1Cc2ncc(-c3cnc4[nH]ccc4c3)cc2N1C[C@H]1COCCO1. The molecule has 7 nitrogen and oxygen atoms in total. The van der Waals surface area contributed by atoms with Gasteiger partial charge in [-0.05, 0) is 18.2 Å². The zero-order valence-corrected chi connectivity index (χ0v) is 14.1. The maximum Gasteiger partial charge on any atom is 0.233 e. The van der Waals surface area contributed by atoms with Crippen LogP contribution in [0.1, 0.15) is 5.69 Å². The normalized spacial score (nSPS) is 19.9. The molecule has 0 radical (unpaired) electrons. The summed E-state index contributed by atoms with van der Waals surface area (Å²) >= 11 is 0. The molecule has 0 aliphatic carbocycles. The third-order valence-electron chi connectivity index (χ3n) is 4.86. The molecule has 0 bridgehead atoms. The number of anilines is 1. The average molecular weight is 350 g/mol. The highest BCUT2D eigenvalue weighted by Gasteiger charge is 2.31. The number of amides is 1. The van der Waals surface area contributed by atoms with Crippen molar-refractivity contribution in [3.8, 4) is 11.1 Å². The molecule has 1 fully saturated rings. The number of pyridine rings is 2. The van der Waals surface area contributed by atoms with Crippen LogP contribution in [0.2, 0.25) is 0 Å². The molecule has 3 aromatic heterocycles. The van der Waals surface area contributed by atoms with Gasteiger partial charge in [0.05, 0.1) is 50.3 Å². The number of ether oxygens (including phenoxy) is 2. The van der Waals surface area contributed by atoms with Gasteiger partial charge in [0.1, 0.15) is 5.65 Å². The van der Waals surface area contributed by atoms with Crippen molar-refractivity contribution in [3.05, 3.63) is 42.5 Å². The van der Waals surface area contributed by atoms with E-state index >= 15 is 0 Å². The molecule has 1 N–H and O–H groups in total. The Morgan fingerprint density at radius 3 is 2.96 bits per heavy atom. The Kier molecular flexibility index (Phi) is 3.69. The third-order valence-corrected chi connectivity index (χ3v) is 4.86. The first kappa shape index (κ1) is 15.5. The predicted octanol–water partition coefficient (Wildman–Crippen LogP) is 1.93. The maximum absolute atomic E-state index is 12.5. The molecule has 0 aromatic carbocycles. The first-order valence-corrected chi connectivity index (χ1v) is 8.70. The summed E-state index contributed by atoms with van der Waals surface area (Å²) in [6.45, 7) is 2.19. The fraction of sp³-hybridized carbons (Fsp3) is 0.316. The maximum atomic E-state index is 12.5. The molecule has 2 aliphatic rings. The van der Waals surface area contributed by atoms with Crippen molar-refractivity contribution in [3.63, 3.8) is 0 Å². The summed E-state index contributed by atoms with van der Waals surface area (Å²) in [4.78, 5) is 26.3. The van der Waals surface area contributed by atoms with E-state index in [1.54, 1.807) is 4.90 Å². The average Bonchev–Trinajstić information content (AvgIpc) is 3.26. The highest BCUT2D eigenvalue weighted by Crippen LogP contribution is 2.32. The Bertz CT molecular complexity index is 978. The number of nitrogens with one attached hydrogen (secondary N) is 1. The first-order chi connectivity index (χ1) is 12.8. The lowest BCUT2D eigenvalue weighted by Gasteiger charge is -2.27. The summed E-state index contributed by atoms with van der Waals surface area (Å²) in [6, 6.07) is 6.08. The van der Waals surface area contributed by atoms with Gasteiger partial charge >= 0.3 is 0 Å². The van der Waals surface area contributed by atoms with Crippen LogP contribution in [0.4, 0.5) is 5.69 Å². The second-order valence-corrected chi connectivity index (χ2v) is 6.58. The van der Waals surface area contributed by atoms with Crippen molar-refractivity contribution in [2.24, 2.45) is 0 Å². The quantitative estimate of drug-likeness (QED) is 0.781. The number of rotatable bonds is 3. The van der Waals surface area contributed by atoms with Crippen molar-refractivity contribution in [2.75, 3.05) is 31.3 Å². The van der Waals surface area contributed by atoms with Gasteiger partial charge in [-0.25, -0.2) is 4.98 Å². The molecule has 0 saturated carbocycles. The van der Waals surface area contributed by atoms with Gasteiger partial charge in [-0.1, -0.05) is 0 Å². The smallest absolute Gasteiger partial charge is 0.233 e. The summed E-state index contributed by atoms with van der Waals surface area (Å²) in [5, 5.41) is 1.05. The number of aromatic amines is 1. The van der Waals surface area contributed by atoms with Gasteiger partial charge in [-0.2, -0.15) is 0 Å². The lowest BCUT2D eigenvalue weighted by atomic mass is 10.1. The molecule has 132 valence electrons. The number of carbonyl (C=O) groups is 1. The Morgan fingerprint density at radius 1 is 1.19 bits per heavy atom. The molecule has 7 heteroatoms. The number of H-pyrrole nitrogens is 1. The number of fused-ring (bicyclic) bond motifs is 2. The summed E-state index contributed by atoms with van der Waals surface area (Å²) in [7, 11) is 0. The van der Waals surface area contributed by atoms with E-state index in [2.05, 4.69) is 21.0 Å².